The molecule has 0 fully saturated rings. The molecule has 0 radical (unpaired) electrons. The molecule has 3 nitrogen and oxygen atoms in total. The fourth-order valence-corrected chi connectivity index (χ4v) is 2.27. The maximum atomic E-state index is 8.82. The van der Waals surface area contributed by atoms with Gasteiger partial charge in [0.25, 0.3) is 0 Å². The van der Waals surface area contributed by atoms with Gasteiger partial charge >= 0.3 is 0 Å². The van der Waals surface area contributed by atoms with Crippen LogP contribution in [0.15, 0.2) is 54.7 Å². The molecule has 1 N–H and O–H groups in total. The highest BCUT2D eigenvalue weighted by Crippen LogP contribution is 2.28. The van der Waals surface area contributed by atoms with Gasteiger partial charge in [0.05, 0.1) is 18.0 Å². The van der Waals surface area contributed by atoms with Crippen LogP contribution in [0.25, 0.3) is 10.9 Å². The molecule has 0 amide bonds. The van der Waals surface area contributed by atoms with Crippen molar-refractivity contribution in [3.63, 3.8) is 0 Å². The molecule has 1 heterocycles. The first kappa shape index (κ1) is 12.3. The fraction of sp³-hybridized carbons (Fsp3) is 0.118. The number of hydrogen-bond donors (Lipinski definition) is 1. The van der Waals surface area contributed by atoms with Crippen molar-refractivity contribution >= 4 is 10.9 Å². The van der Waals surface area contributed by atoms with Crippen molar-refractivity contribution < 1.29 is 4.74 Å². The maximum Gasteiger partial charge on any atom is 0.143 e. The van der Waals surface area contributed by atoms with Gasteiger partial charge in [0, 0.05) is 11.6 Å². The molecule has 1 aromatic heterocycles. The Kier molecular flexibility index (Phi) is 3.38. The Morgan fingerprint density at radius 3 is 2.70 bits per heavy atom. The van der Waals surface area contributed by atoms with Gasteiger partial charge in [-0.1, -0.05) is 42.5 Å². The Bertz CT molecular complexity index is 754. The monoisotopic (exact) mass is 262 g/mol. The van der Waals surface area contributed by atoms with E-state index in [1.165, 1.54) is 0 Å². The number of para-hydroxylation sites is 1. The van der Waals surface area contributed by atoms with Crippen molar-refractivity contribution in [2.45, 2.75) is 13.0 Å². The molecule has 98 valence electrons. The van der Waals surface area contributed by atoms with Crippen LogP contribution in [-0.2, 0) is 13.0 Å². The number of rotatable bonds is 4. The van der Waals surface area contributed by atoms with Crippen molar-refractivity contribution in [1.29, 1.82) is 5.26 Å². The van der Waals surface area contributed by atoms with Crippen LogP contribution in [0.1, 0.15) is 11.1 Å². The first-order chi connectivity index (χ1) is 9.88. The topological polar surface area (TPSA) is 48.8 Å². The summed E-state index contributed by atoms with van der Waals surface area (Å²) >= 11 is 0. The minimum absolute atomic E-state index is 0.405. The summed E-state index contributed by atoms with van der Waals surface area (Å²) in [6, 6.07) is 18.1. The van der Waals surface area contributed by atoms with Gasteiger partial charge in [0.1, 0.15) is 12.4 Å². The number of nitrogens with one attached hydrogen (secondary N) is 1. The van der Waals surface area contributed by atoms with Crippen LogP contribution in [0.5, 0.6) is 5.75 Å². The van der Waals surface area contributed by atoms with E-state index in [0.29, 0.717) is 13.0 Å². The van der Waals surface area contributed by atoms with Gasteiger partial charge < -0.3 is 9.72 Å². The number of nitrogens with zero attached hydrogens (tertiary/aromatic N) is 1. The van der Waals surface area contributed by atoms with Crippen molar-refractivity contribution in [2.24, 2.45) is 0 Å². The third-order valence-electron chi connectivity index (χ3n) is 3.27. The molecule has 2 aromatic carbocycles. The summed E-state index contributed by atoms with van der Waals surface area (Å²) in [5.74, 6) is 0.815. The van der Waals surface area contributed by atoms with E-state index in [2.05, 4.69) is 11.1 Å². The van der Waals surface area contributed by atoms with Crippen LogP contribution in [0.3, 0.4) is 0 Å². The molecular weight excluding hydrogens is 248 g/mol. The first-order valence-electron chi connectivity index (χ1n) is 6.51. The Hall–Kier alpha value is -2.73. The number of hydrogen-bond acceptors (Lipinski definition) is 2. The first-order valence-corrected chi connectivity index (χ1v) is 6.51. The molecule has 20 heavy (non-hydrogen) atoms. The highest BCUT2D eigenvalue weighted by Gasteiger charge is 2.08. The zero-order valence-corrected chi connectivity index (χ0v) is 11.0. The fourth-order valence-electron chi connectivity index (χ4n) is 2.27. The van der Waals surface area contributed by atoms with E-state index >= 15 is 0 Å². The van der Waals surface area contributed by atoms with Crippen LogP contribution in [-0.4, -0.2) is 4.98 Å². The molecular formula is C17H14N2O. The summed E-state index contributed by atoms with van der Waals surface area (Å²) in [4.78, 5) is 3.20. The van der Waals surface area contributed by atoms with Gasteiger partial charge in [-0.2, -0.15) is 5.26 Å². The van der Waals surface area contributed by atoms with Crippen molar-refractivity contribution in [3.8, 4) is 11.8 Å². The minimum atomic E-state index is 0.405. The van der Waals surface area contributed by atoms with E-state index in [1.54, 1.807) is 0 Å². The molecule has 0 aliphatic carbocycles. The Balaban J connectivity index is 1.87. The zero-order chi connectivity index (χ0) is 13.8. The maximum absolute atomic E-state index is 8.82. The molecule has 0 atom stereocenters. The lowest BCUT2D eigenvalue weighted by atomic mass is 10.1. The predicted octanol–water partition coefficient (Wildman–Crippen LogP) is 3.81. The average Bonchev–Trinajstić information content (AvgIpc) is 2.91. The molecule has 0 aliphatic rings. The van der Waals surface area contributed by atoms with Gasteiger partial charge in [-0.15, -0.1) is 0 Å². The Morgan fingerprint density at radius 2 is 1.90 bits per heavy atom. The molecule has 0 spiro atoms. The van der Waals surface area contributed by atoms with Gasteiger partial charge in [-0.25, -0.2) is 0 Å². The molecule has 0 aliphatic heterocycles. The number of aromatic amines is 1. The Morgan fingerprint density at radius 1 is 1.05 bits per heavy atom. The van der Waals surface area contributed by atoms with Gasteiger partial charge in [-0.3, -0.25) is 0 Å². The van der Waals surface area contributed by atoms with E-state index in [4.69, 9.17) is 10.00 Å². The standard InChI is InChI=1S/C17H14N2O/c18-10-9-14-11-19-17-15(14)7-4-8-16(17)20-12-13-5-2-1-3-6-13/h1-8,11,19H,9,12H2. The number of aromatic nitrogens is 1. The summed E-state index contributed by atoms with van der Waals surface area (Å²) in [6.07, 6.45) is 2.28. The van der Waals surface area contributed by atoms with E-state index in [0.717, 1.165) is 27.8 Å². The number of nitriles is 1. The van der Waals surface area contributed by atoms with Crippen LogP contribution < -0.4 is 4.74 Å². The number of fused-ring (bicyclic) bond motifs is 1. The van der Waals surface area contributed by atoms with Crippen molar-refractivity contribution in [3.05, 3.63) is 65.9 Å². The second kappa shape index (κ2) is 5.50. The molecule has 0 saturated carbocycles. The molecule has 0 unspecified atom stereocenters. The number of H-pyrrole nitrogens is 1. The highest BCUT2D eigenvalue weighted by atomic mass is 16.5. The van der Waals surface area contributed by atoms with E-state index < -0.39 is 0 Å². The SMILES string of the molecule is N#CCc1c[nH]c2c(OCc3ccccc3)cccc12. The molecule has 3 rings (SSSR count). The average molecular weight is 262 g/mol. The quantitative estimate of drug-likeness (QED) is 0.777. The van der Waals surface area contributed by atoms with E-state index in [1.807, 2.05) is 54.7 Å². The molecule has 0 saturated heterocycles. The third-order valence-corrected chi connectivity index (χ3v) is 3.27. The van der Waals surface area contributed by atoms with E-state index in [-0.39, 0.29) is 0 Å². The largest absolute Gasteiger partial charge is 0.487 e. The second-order valence-corrected chi connectivity index (χ2v) is 4.60. The van der Waals surface area contributed by atoms with Crippen LogP contribution >= 0.6 is 0 Å². The normalized spacial score (nSPS) is 10.3. The minimum Gasteiger partial charge on any atom is -0.487 e. The lowest BCUT2D eigenvalue weighted by Gasteiger charge is -2.07. The summed E-state index contributed by atoms with van der Waals surface area (Å²) in [6.45, 7) is 0.534. The molecule has 3 aromatic rings. The zero-order valence-electron chi connectivity index (χ0n) is 11.0. The van der Waals surface area contributed by atoms with Gasteiger partial charge in [-0.05, 0) is 17.2 Å². The van der Waals surface area contributed by atoms with Crippen molar-refractivity contribution in [2.75, 3.05) is 0 Å². The number of ether oxygens (including phenoxy) is 1. The summed E-state index contributed by atoms with van der Waals surface area (Å²) < 4.78 is 5.88. The van der Waals surface area contributed by atoms with Crippen LogP contribution in [0, 0.1) is 11.3 Å². The predicted molar refractivity (Wildman–Crippen MR) is 78.4 cm³/mol. The van der Waals surface area contributed by atoms with Gasteiger partial charge in [0.2, 0.25) is 0 Å². The van der Waals surface area contributed by atoms with Crippen molar-refractivity contribution in [1.82, 2.24) is 4.98 Å². The highest BCUT2D eigenvalue weighted by molar-refractivity contribution is 5.88. The van der Waals surface area contributed by atoms with E-state index in [9.17, 15) is 0 Å². The third kappa shape index (κ3) is 2.36. The summed E-state index contributed by atoms with van der Waals surface area (Å²) in [7, 11) is 0. The summed E-state index contributed by atoms with van der Waals surface area (Å²) in [5.41, 5.74) is 3.09. The smallest absolute Gasteiger partial charge is 0.143 e. The van der Waals surface area contributed by atoms with Crippen LogP contribution in [0.4, 0.5) is 0 Å². The van der Waals surface area contributed by atoms with Crippen LogP contribution in [0.2, 0.25) is 0 Å². The number of benzene rings is 2. The Labute approximate surface area is 117 Å². The lowest BCUT2D eigenvalue weighted by Crippen LogP contribution is -1.95. The lowest BCUT2D eigenvalue weighted by molar-refractivity contribution is 0.309. The summed E-state index contributed by atoms with van der Waals surface area (Å²) in [5, 5.41) is 9.88. The van der Waals surface area contributed by atoms with Gasteiger partial charge in [0.15, 0.2) is 0 Å². The second-order valence-electron chi connectivity index (χ2n) is 4.60. The molecule has 3 heteroatoms. The molecule has 0 bridgehead atoms.